The van der Waals surface area contributed by atoms with Crippen molar-refractivity contribution in [2.45, 2.75) is 13.5 Å². The number of nitrogens with one attached hydrogen (secondary N) is 2. The van der Waals surface area contributed by atoms with Gasteiger partial charge in [-0.15, -0.1) is 17.9 Å². The van der Waals surface area contributed by atoms with E-state index < -0.39 is 0 Å². The van der Waals surface area contributed by atoms with E-state index in [1.165, 1.54) is 22.7 Å². The molecule has 0 aliphatic rings. The second-order valence-corrected chi connectivity index (χ2v) is 7.84. The number of thiophene rings is 1. The van der Waals surface area contributed by atoms with Crippen LogP contribution < -0.4 is 5.32 Å². The Bertz CT molecular complexity index is 967. The first-order chi connectivity index (χ1) is 11.5. The molecule has 1 amide bonds. The van der Waals surface area contributed by atoms with Gasteiger partial charge in [-0.1, -0.05) is 29.0 Å². The summed E-state index contributed by atoms with van der Waals surface area (Å²) in [6.45, 7) is 6.13. The normalized spacial score (nSPS) is 10.8. The van der Waals surface area contributed by atoms with Gasteiger partial charge in [-0.2, -0.15) is 5.10 Å². The van der Waals surface area contributed by atoms with Gasteiger partial charge in [0.1, 0.15) is 0 Å². The third-order valence-electron chi connectivity index (χ3n) is 3.09. The first kappa shape index (κ1) is 17.0. The summed E-state index contributed by atoms with van der Waals surface area (Å²) >= 11 is 13.6. The van der Waals surface area contributed by atoms with Crippen molar-refractivity contribution >= 4 is 57.5 Å². The van der Waals surface area contributed by atoms with Crippen LogP contribution in [-0.4, -0.2) is 25.7 Å². The van der Waals surface area contributed by atoms with E-state index in [-0.39, 0.29) is 5.91 Å². The third kappa shape index (κ3) is 3.34. The highest BCUT2D eigenvalue weighted by molar-refractivity contribution is 7.71. The average Bonchev–Trinajstić information content (AvgIpc) is 3.21. The van der Waals surface area contributed by atoms with Gasteiger partial charge in [0, 0.05) is 6.54 Å². The van der Waals surface area contributed by atoms with Crippen molar-refractivity contribution < 1.29 is 4.79 Å². The van der Waals surface area contributed by atoms with E-state index in [4.69, 9.17) is 23.8 Å². The molecule has 24 heavy (non-hydrogen) atoms. The number of anilines is 1. The minimum Gasteiger partial charge on any atom is -0.297 e. The number of halogens is 1. The predicted molar refractivity (Wildman–Crippen MR) is 101 cm³/mol. The highest BCUT2D eigenvalue weighted by Crippen LogP contribution is 2.32. The predicted octanol–water partition coefficient (Wildman–Crippen LogP) is 4.53. The number of carbonyl (C=O) groups is 1. The molecule has 0 saturated heterocycles. The lowest BCUT2D eigenvalue weighted by Crippen LogP contribution is -2.09. The molecule has 3 rings (SSSR count). The van der Waals surface area contributed by atoms with Crippen molar-refractivity contribution in [2.75, 3.05) is 5.32 Å². The van der Waals surface area contributed by atoms with Gasteiger partial charge in [0.25, 0.3) is 5.91 Å². The maximum Gasteiger partial charge on any atom is 0.267 e. The summed E-state index contributed by atoms with van der Waals surface area (Å²) in [5, 5.41) is 10.3. The van der Waals surface area contributed by atoms with Crippen LogP contribution in [0.4, 0.5) is 5.13 Å². The second kappa shape index (κ2) is 6.98. The number of aromatic amines is 1. The minimum absolute atomic E-state index is 0.239. The lowest BCUT2D eigenvalue weighted by molar-refractivity contribution is 0.103. The summed E-state index contributed by atoms with van der Waals surface area (Å²) in [4.78, 5) is 18.0. The van der Waals surface area contributed by atoms with Crippen molar-refractivity contribution in [2.24, 2.45) is 0 Å². The number of carbonyl (C=O) groups excluding carboxylic acids is 1. The van der Waals surface area contributed by atoms with Gasteiger partial charge in [-0.25, -0.2) is 4.98 Å². The number of rotatable bonds is 5. The second-order valence-electron chi connectivity index (χ2n) is 4.74. The lowest BCUT2D eigenvalue weighted by atomic mass is 10.3. The number of aryl methyl sites for hydroxylation is 1. The molecule has 0 radical (unpaired) electrons. The summed E-state index contributed by atoms with van der Waals surface area (Å²) in [5.41, 5.74) is 0.763. The molecule has 0 aliphatic heterocycles. The van der Waals surface area contributed by atoms with Crippen molar-refractivity contribution in [3.8, 4) is 10.7 Å². The molecule has 10 heteroatoms. The van der Waals surface area contributed by atoms with Crippen molar-refractivity contribution in [1.82, 2.24) is 19.7 Å². The zero-order valence-corrected chi connectivity index (χ0v) is 15.7. The van der Waals surface area contributed by atoms with Crippen molar-refractivity contribution in [3.05, 3.63) is 44.5 Å². The van der Waals surface area contributed by atoms with E-state index in [2.05, 4.69) is 27.1 Å². The average molecular weight is 398 g/mol. The molecular formula is C14H12ClN5OS3. The van der Waals surface area contributed by atoms with Gasteiger partial charge in [-0.3, -0.25) is 19.8 Å². The maximum absolute atomic E-state index is 12.2. The van der Waals surface area contributed by atoms with E-state index in [0.717, 1.165) is 10.6 Å². The van der Waals surface area contributed by atoms with E-state index in [1.807, 2.05) is 11.5 Å². The van der Waals surface area contributed by atoms with Crippen LogP contribution in [0.2, 0.25) is 4.34 Å². The first-order valence-corrected chi connectivity index (χ1v) is 9.22. The van der Waals surface area contributed by atoms with Gasteiger partial charge < -0.3 is 0 Å². The first-order valence-electron chi connectivity index (χ1n) is 6.80. The topological polar surface area (TPSA) is 75.6 Å². The molecular weight excluding hydrogens is 386 g/mol. The molecule has 0 fully saturated rings. The Morgan fingerprint density at radius 1 is 1.54 bits per heavy atom. The van der Waals surface area contributed by atoms with Gasteiger partial charge in [0.05, 0.1) is 19.8 Å². The summed E-state index contributed by atoms with van der Waals surface area (Å²) in [7, 11) is 0. The Morgan fingerprint density at radius 3 is 3.00 bits per heavy atom. The van der Waals surface area contributed by atoms with E-state index in [9.17, 15) is 4.79 Å². The quantitative estimate of drug-likeness (QED) is 0.490. The molecule has 6 nitrogen and oxygen atoms in total. The molecule has 0 saturated carbocycles. The van der Waals surface area contributed by atoms with Gasteiger partial charge >= 0.3 is 0 Å². The number of hydrogen-bond donors (Lipinski definition) is 2. The molecule has 2 N–H and O–H groups in total. The number of nitrogens with zero attached hydrogens (tertiary/aromatic N) is 3. The molecule has 0 aliphatic carbocycles. The molecule has 124 valence electrons. The van der Waals surface area contributed by atoms with Crippen LogP contribution in [0, 0.1) is 11.7 Å². The largest absolute Gasteiger partial charge is 0.297 e. The number of thiazole rings is 1. The smallest absolute Gasteiger partial charge is 0.267 e. The number of amides is 1. The molecule has 3 heterocycles. The van der Waals surface area contributed by atoms with Crippen molar-refractivity contribution in [3.63, 3.8) is 0 Å². The van der Waals surface area contributed by atoms with Gasteiger partial charge in [0.15, 0.2) is 15.7 Å². The molecule has 0 bridgehead atoms. The van der Waals surface area contributed by atoms with Crippen LogP contribution in [0.3, 0.4) is 0 Å². The lowest BCUT2D eigenvalue weighted by Gasteiger charge is -2.01. The van der Waals surface area contributed by atoms with Crippen LogP contribution in [-0.2, 0) is 6.54 Å². The van der Waals surface area contributed by atoms with Crippen LogP contribution in [0.15, 0.2) is 24.8 Å². The number of allylic oxidation sites excluding steroid dienone is 1. The SMILES string of the molecule is C=CCn1c(-c2sc(NC(=O)c3ccc(Cl)s3)nc2C)n[nH]c1=S. The molecule has 3 aromatic heterocycles. The van der Waals surface area contributed by atoms with E-state index >= 15 is 0 Å². The minimum atomic E-state index is -0.239. The molecule has 3 aromatic rings. The zero-order chi connectivity index (χ0) is 17.3. The van der Waals surface area contributed by atoms with Crippen LogP contribution in [0.5, 0.6) is 0 Å². The summed E-state index contributed by atoms with van der Waals surface area (Å²) in [5.74, 6) is 0.437. The Labute approximate surface area is 155 Å². The fourth-order valence-corrected chi connectivity index (χ4v) is 4.15. The Hall–Kier alpha value is -1.81. The van der Waals surface area contributed by atoms with Crippen LogP contribution >= 0.6 is 46.5 Å². The molecule has 0 unspecified atom stereocenters. The Kier molecular flexibility index (Phi) is 4.95. The summed E-state index contributed by atoms with van der Waals surface area (Å²) in [6.07, 6.45) is 1.74. The van der Waals surface area contributed by atoms with Crippen LogP contribution in [0.1, 0.15) is 15.4 Å². The fraction of sp³-hybridized carbons (Fsp3) is 0.143. The fourth-order valence-electron chi connectivity index (χ4n) is 2.04. The maximum atomic E-state index is 12.2. The number of H-pyrrole nitrogens is 1. The van der Waals surface area contributed by atoms with E-state index in [1.54, 1.807) is 18.2 Å². The third-order valence-corrected chi connectivity index (χ3v) is 5.70. The standard InChI is InChI=1S/C14H12ClN5OS3/c1-3-6-20-11(18-19-14(20)22)10-7(2)16-13(24-10)17-12(21)8-4-5-9(15)23-8/h3-5H,1,6H2,2H3,(H,19,22)(H,16,17,21). The van der Waals surface area contributed by atoms with Crippen molar-refractivity contribution in [1.29, 1.82) is 0 Å². The van der Waals surface area contributed by atoms with Gasteiger partial charge in [0.2, 0.25) is 0 Å². The molecule has 0 atom stereocenters. The molecule has 0 aromatic carbocycles. The highest BCUT2D eigenvalue weighted by atomic mass is 35.5. The van der Waals surface area contributed by atoms with Gasteiger partial charge in [-0.05, 0) is 31.3 Å². The Balaban J connectivity index is 1.89. The van der Waals surface area contributed by atoms with E-state index in [0.29, 0.717) is 31.5 Å². The number of hydrogen-bond acceptors (Lipinski definition) is 6. The van der Waals surface area contributed by atoms with Crippen LogP contribution in [0.25, 0.3) is 10.7 Å². The monoisotopic (exact) mass is 397 g/mol. The zero-order valence-electron chi connectivity index (χ0n) is 12.5. The molecule has 0 spiro atoms. The highest BCUT2D eigenvalue weighted by Gasteiger charge is 2.18. The Morgan fingerprint density at radius 2 is 2.33 bits per heavy atom. The summed E-state index contributed by atoms with van der Waals surface area (Å²) in [6, 6.07) is 3.37. The number of aromatic nitrogens is 4. The summed E-state index contributed by atoms with van der Waals surface area (Å²) < 4.78 is 2.90.